The summed E-state index contributed by atoms with van der Waals surface area (Å²) in [5.74, 6) is 1.47. The molecule has 0 spiro atoms. The molecule has 0 aromatic rings. The molecule has 160 valence electrons. The summed E-state index contributed by atoms with van der Waals surface area (Å²) in [6.07, 6.45) is 15.5. The molecule has 3 fully saturated rings. The van der Waals surface area contributed by atoms with Crippen LogP contribution in [-0.2, 0) is 14.4 Å². The highest BCUT2D eigenvalue weighted by molar-refractivity contribution is 5.86. The van der Waals surface area contributed by atoms with E-state index in [0.717, 1.165) is 57.9 Å². The van der Waals surface area contributed by atoms with Crippen molar-refractivity contribution in [3.05, 3.63) is 11.8 Å². The molecule has 2 aliphatic heterocycles. The molecule has 0 N–H and O–H groups in total. The largest absolute Gasteiger partial charge is 0.339 e. The van der Waals surface area contributed by atoms with Crippen LogP contribution in [0.1, 0.15) is 89.9 Å². The summed E-state index contributed by atoms with van der Waals surface area (Å²) in [6, 6.07) is 0.141. The highest BCUT2D eigenvalue weighted by atomic mass is 16.2. The van der Waals surface area contributed by atoms with E-state index in [0.29, 0.717) is 37.5 Å². The Balaban J connectivity index is 1.23. The first-order valence-electron chi connectivity index (χ1n) is 12.0. The molecule has 2 aliphatic carbocycles. The third kappa shape index (κ3) is 4.59. The standard InChI is InChI=1S/C24H36N2O3/c27-22-15-17-26(21-12-4-2-10-19(21)22)24(29)14-6-5-13-23(28)25-16-7-9-18-8-1-3-11-20(18)25/h11,18-19,21H,1-10,12-17H2. The van der Waals surface area contributed by atoms with Gasteiger partial charge in [0, 0.05) is 50.0 Å². The van der Waals surface area contributed by atoms with Gasteiger partial charge in [-0.15, -0.1) is 0 Å². The minimum atomic E-state index is 0.0823. The van der Waals surface area contributed by atoms with Crippen LogP contribution in [0.5, 0.6) is 0 Å². The van der Waals surface area contributed by atoms with Crippen molar-refractivity contribution < 1.29 is 14.4 Å². The zero-order valence-electron chi connectivity index (χ0n) is 17.7. The molecule has 5 nitrogen and oxygen atoms in total. The second-order valence-corrected chi connectivity index (χ2v) is 9.41. The first kappa shape index (κ1) is 20.6. The number of nitrogens with zero attached hydrogens (tertiary/aromatic N) is 2. The quantitative estimate of drug-likeness (QED) is 0.650. The van der Waals surface area contributed by atoms with Gasteiger partial charge in [0.15, 0.2) is 0 Å². The monoisotopic (exact) mass is 400 g/mol. The zero-order valence-corrected chi connectivity index (χ0v) is 17.7. The molecule has 0 aromatic carbocycles. The number of Topliss-reactive ketones (excluding diaryl/α,β-unsaturated/α-hetero) is 1. The molecule has 29 heavy (non-hydrogen) atoms. The van der Waals surface area contributed by atoms with Crippen molar-refractivity contribution in [2.75, 3.05) is 13.1 Å². The number of unbranched alkanes of at least 4 members (excludes halogenated alkanes) is 1. The predicted molar refractivity (Wildman–Crippen MR) is 112 cm³/mol. The average Bonchev–Trinajstić information content (AvgIpc) is 2.76. The lowest BCUT2D eigenvalue weighted by molar-refractivity contribution is -0.143. The average molecular weight is 401 g/mol. The number of piperidine rings is 2. The fourth-order valence-corrected chi connectivity index (χ4v) is 6.03. The van der Waals surface area contributed by atoms with Gasteiger partial charge >= 0.3 is 0 Å². The van der Waals surface area contributed by atoms with Crippen molar-refractivity contribution in [3.8, 4) is 0 Å². The minimum Gasteiger partial charge on any atom is -0.339 e. The number of carbonyl (C=O) groups is 3. The summed E-state index contributed by atoms with van der Waals surface area (Å²) in [5, 5.41) is 0. The highest BCUT2D eigenvalue weighted by Gasteiger charge is 2.40. The molecule has 2 amide bonds. The van der Waals surface area contributed by atoms with Crippen molar-refractivity contribution in [2.24, 2.45) is 11.8 Å². The van der Waals surface area contributed by atoms with Gasteiger partial charge in [-0.2, -0.15) is 0 Å². The molecule has 0 bridgehead atoms. The SMILES string of the molecule is O=C1CCN(C(=O)CCCCC(=O)N2CCCC3CCCC=C32)C2CCCCC12. The minimum absolute atomic E-state index is 0.0823. The Kier molecular flexibility index (Phi) is 6.71. The Morgan fingerprint density at radius 1 is 0.897 bits per heavy atom. The summed E-state index contributed by atoms with van der Waals surface area (Å²) >= 11 is 0. The van der Waals surface area contributed by atoms with Crippen LogP contribution in [0.25, 0.3) is 0 Å². The van der Waals surface area contributed by atoms with Crippen molar-refractivity contribution >= 4 is 17.6 Å². The van der Waals surface area contributed by atoms with Crippen LogP contribution in [0.4, 0.5) is 0 Å². The Labute approximate surface area is 174 Å². The molecule has 3 unspecified atom stereocenters. The number of rotatable bonds is 5. The van der Waals surface area contributed by atoms with Gasteiger partial charge in [0.1, 0.15) is 5.78 Å². The number of carbonyl (C=O) groups excluding carboxylic acids is 3. The van der Waals surface area contributed by atoms with Gasteiger partial charge in [0.2, 0.25) is 11.8 Å². The number of likely N-dealkylation sites (tertiary alicyclic amines) is 2. The van der Waals surface area contributed by atoms with E-state index >= 15 is 0 Å². The van der Waals surface area contributed by atoms with E-state index in [2.05, 4.69) is 6.08 Å². The van der Waals surface area contributed by atoms with Crippen LogP contribution in [-0.4, -0.2) is 46.5 Å². The molecule has 0 radical (unpaired) electrons. The summed E-state index contributed by atoms with van der Waals surface area (Å²) in [7, 11) is 0. The van der Waals surface area contributed by atoms with Crippen LogP contribution in [0.3, 0.4) is 0 Å². The fraction of sp³-hybridized carbons (Fsp3) is 0.792. The zero-order chi connectivity index (χ0) is 20.2. The smallest absolute Gasteiger partial charge is 0.226 e. The molecule has 1 saturated carbocycles. The van der Waals surface area contributed by atoms with E-state index in [1.807, 2.05) is 9.80 Å². The topological polar surface area (TPSA) is 57.7 Å². The second-order valence-electron chi connectivity index (χ2n) is 9.41. The third-order valence-electron chi connectivity index (χ3n) is 7.57. The van der Waals surface area contributed by atoms with Crippen LogP contribution in [0, 0.1) is 11.8 Å². The van der Waals surface area contributed by atoms with Gasteiger partial charge in [0.25, 0.3) is 0 Å². The summed E-state index contributed by atoms with van der Waals surface area (Å²) in [5.41, 5.74) is 1.28. The van der Waals surface area contributed by atoms with Crippen molar-refractivity contribution in [1.29, 1.82) is 0 Å². The summed E-state index contributed by atoms with van der Waals surface area (Å²) < 4.78 is 0. The predicted octanol–water partition coefficient (Wildman–Crippen LogP) is 4.21. The third-order valence-corrected chi connectivity index (χ3v) is 7.57. The normalized spacial score (nSPS) is 29.7. The van der Waals surface area contributed by atoms with Gasteiger partial charge in [-0.1, -0.05) is 18.9 Å². The van der Waals surface area contributed by atoms with E-state index in [-0.39, 0.29) is 23.8 Å². The van der Waals surface area contributed by atoms with Crippen molar-refractivity contribution in [2.45, 2.75) is 95.9 Å². The van der Waals surface area contributed by atoms with E-state index in [4.69, 9.17) is 0 Å². The maximum Gasteiger partial charge on any atom is 0.226 e. The molecule has 2 heterocycles. The lowest BCUT2D eigenvalue weighted by atomic mass is 9.77. The summed E-state index contributed by atoms with van der Waals surface area (Å²) in [6.45, 7) is 1.46. The molecule has 5 heteroatoms. The number of allylic oxidation sites excluding steroid dienone is 2. The molecule has 2 saturated heterocycles. The van der Waals surface area contributed by atoms with E-state index < -0.39 is 0 Å². The molecular formula is C24H36N2O3. The lowest BCUT2D eigenvalue weighted by Crippen LogP contribution is -2.53. The molecule has 0 aromatic heterocycles. The molecule has 3 atom stereocenters. The first-order valence-corrected chi connectivity index (χ1v) is 12.0. The van der Waals surface area contributed by atoms with Gasteiger partial charge in [-0.3, -0.25) is 14.4 Å². The Hall–Kier alpha value is -1.65. The van der Waals surface area contributed by atoms with E-state index in [1.54, 1.807) is 0 Å². The van der Waals surface area contributed by atoms with Gasteiger partial charge in [0.05, 0.1) is 0 Å². The van der Waals surface area contributed by atoms with Gasteiger partial charge in [-0.05, 0) is 63.7 Å². The van der Waals surface area contributed by atoms with E-state index in [1.165, 1.54) is 25.0 Å². The number of hydrogen-bond acceptors (Lipinski definition) is 3. The molecular weight excluding hydrogens is 364 g/mol. The fourth-order valence-electron chi connectivity index (χ4n) is 6.03. The van der Waals surface area contributed by atoms with Gasteiger partial charge in [-0.25, -0.2) is 0 Å². The molecule has 4 rings (SSSR count). The van der Waals surface area contributed by atoms with Crippen LogP contribution in [0.2, 0.25) is 0 Å². The number of fused-ring (bicyclic) bond motifs is 2. The number of hydrogen-bond donors (Lipinski definition) is 0. The maximum atomic E-state index is 12.8. The maximum absolute atomic E-state index is 12.8. The number of ketones is 1. The Morgan fingerprint density at radius 3 is 2.52 bits per heavy atom. The van der Waals surface area contributed by atoms with Crippen LogP contribution < -0.4 is 0 Å². The molecule has 4 aliphatic rings. The van der Waals surface area contributed by atoms with Crippen molar-refractivity contribution in [3.63, 3.8) is 0 Å². The Bertz CT molecular complexity index is 671. The second kappa shape index (κ2) is 9.44. The van der Waals surface area contributed by atoms with Gasteiger partial charge < -0.3 is 9.80 Å². The van der Waals surface area contributed by atoms with Crippen LogP contribution >= 0.6 is 0 Å². The van der Waals surface area contributed by atoms with Crippen molar-refractivity contribution in [1.82, 2.24) is 9.80 Å². The Morgan fingerprint density at radius 2 is 1.66 bits per heavy atom. The highest BCUT2D eigenvalue weighted by Crippen LogP contribution is 2.36. The van der Waals surface area contributed by atoms with Crippen LogP contribution in [0.15, 0.2) is 11.8 Å². The van der Waals surface area contributed by atoms with E-state index in [9.17, 15) is 14.4 Å². The summed E-state index contributed by atoms with van der Waals surface area (Å²) in [4.78, 5) is 41.8. The first-order chi connectivity index (χ1) is 14.1. The lowest BCUT2D eigenvalue weighted by Gasteiger charge is -2.43. The number of amides is 2.